The minimum atomic E-state index is -0.442. The molecule has 120 valence electrons. The van der Waals surface area contributed by atoms with E-state index < -0.39 is 4.92 Å². The fraction of sp³-hybridized carbons (Fsp3) is 0.312. The number of pyridine rings is 1. The normalized spacial score (nSPS) is 14.6. The third-order valence-electron chi connectivity index (χ3n) is 3.88. The Hall–Kier alpha value is -2.15. The van der Waals surface area contributed by atoms with Gasteiger partial charge in [-0.3, -0.25) is 10.1 Å². The Bertz CT molecular complexity index is 700. The molecule has 0 atom stereocenters. The van der Waals surface area contributed by atoms with Crippen LogP contribution in [-0.2, 0) is 0 Å². The van der Waals surface area contributed by atoms with Gasteiger partial charge in [-0.2, -0.15) is 0 Å². The molecule has 1 aromatic heterocycles. The quantitative estimate of drug-likeness (QED) is 0.628. The molecule has 0 unspecified atom stereocenters. The molecule has 0 spiro atoms. The largest absolute Gasteiger partial charge is 0.372 e. The molecule has 0 bridgehead atoms. The number of anilines is 3. The van der Waals surface area contributed by atoms with Crippen molar-refractivity contribution in [1.29, 1.82) is 0 Å². The lowest BCUT2D eigenvalue weighted by Crippen LogP contribution is -2.29. The van der Waals surface area contributed by atoms with Crippen LogP contribution in [0.2, 0.25) is 0 Å². The third kappa shape index (κ3) is 3.79. The standard InChI is InChI=1S/C16H17BrN4O2/c17-12-10-15(21(22)23)16(18-11-12)19-13-4-6-14(7-5-13)20-8-2-1-3-9-20/h4-7,10-11H,1-3,8-9H2,(H,18,19). The van der Waals surface area contributed by atoms with E-state index in [2.05, 4.69) is 31.1 Å². The number of hydrogen-bond donors (Lipinski definition) is 1. The highest BCUT2D eigenvalue weighted by Crippen LogP contribution is 2.29. The van der Waals surface area contributed by atoms with E-state index in [0.717, 1.165) is 18.8 Å². The van der Waals surface area contributed by atoms with Gasteiger partial charge in [-0.15, -0.1) is 0 Å². The summed E-state index contributed by atoms with van der Waals surface area (Å²) in [5.41, 5.74) is 1.91. The first-order valence-corrected chi connectivity index (χ1v) is 8.35. The summed E-state index contributed by atoms with van der Waals surface area (Å²) in [6.07, 6.45) is 5.30. The molecule has 6 nitrogen and oxygen atoms in total. The fourth-order valence-electron chi connectivity index (χ4n) is 2.71. The van der Waals surface area contributed by atoms with Crippen molar-refractivity contribution in [3.8, 4) is 0 Å². The van der Waals surface area contributed by atoms with Crippen LogP contribution >= 0.6 is 15.9 Å². The van der Waals surface area contributed by atoms with E-state index in [-0.39, 0.29) is 11.5 Å². The zero-order valence-corrected chi connectivity index (χ0v) is 14.1. The molecule has 2 heterocycles. The van der Waals surface area contributed by atoms with Crippen LogP contribution in [0.3, 0.4) is 0 Å². The number of piperidine rings is 1. The lowest BCUT2D eigenvalue weighted by atomic mass is 10.1. The van der Waals surface area contributed by atoms with Gasteiger partial charge in [0.05, 0.1) is 4.92 Å². The molecular formula is C16H17BrN4O2. The van der Waals surface area contributed by atoms with Crippen molar-refractivity contribution in [3.05, 3.63) is 51.1 Å². The molecule has 1 aliphatic heterocycles. The Morgan fingerprint density at radius 2 is 1.87 bits per heavy atom. The van der Waals surface area contributed by atoms with E-state index in [4.69, 9.17) is 0 Å². The van der Waals surface area contributed by atoms with Crippen LogP contribution in [-0.4, -0.2) is 23.0 Å². The number of nitrogens with zero attached hydrogens (tertiary/aromatic N) is 3. The highest BCUT2D eigenvalue weighted by Gasteiger charge is 2.16. The molecule has 3 rings (SSSR count). The molecule has 23 heavy (non-hydrogen) atoms. The van der Waals surface area contributed by atoms with Crippen molar-refractivity contribution in [1.82, 2.24) is 4.98 Å². The highest BCUT2D eigenvalue weighted by molar-refractivity contribution is 9.10. The number of hydrogen-bond acceptors (Lipinski definition) is 5. The maximum atomic E-state index is 11.1. The Kier molecular flexibility index (Phi) is 4.76. The average Bonchev–Trinajstić information content (AvgIpc) is 2.58. The summed E-state index contributed by atoms with van der Waals surface area (Å²) < 4.78 is 0.579. The van der Waals surface area contributed by atoms with E-state index in [0.29, 0.717) is 4.47 Å². The van der Waals surface area contributed by atoms with E-state index >= 15 is 0 Å². The summed E-state index contributed by atoms with van der Waals surface area (Å²) in [7, 11) is 0. The zero-order valence-electron chi connectivity index (χ0n) is 12.5. The number of rotatable bonds is 4. The topological polar surface area (TPSA) is 71.3 Å². The Morgan fingerprint density at radius 1 is 1.17 bits per heavy atom. The van der Waals surface area contributed by atoms with E-state index in [1.54, 1.807) is 0 Å². The molecule has 7 heteroatoms. The summed E-state index contributed by atoms with van der Waals surface area (Å²) in [5.74, 6) is 0.240. The van der Waals surface area contributed by atoms with Crippen molar-refractivity contribution in [2.24, 2.45) is 0 Å². The Balaban J connectivity index is 1.77. The minimum absolute atomic E-state index is 0.0560. The zero-order chi connectivity index (χ0) is 16.2. The molecule has 2 aromatic rings. The van der Waals surface area contributed by atoms with Crippen LogP contribution in [0.5, 0.6) is 0 Å². The molecule has 1 saturated heterocycles. The average molecular weight is 377 g/mol. The number of aromatic nitrogens is 1. The molecule has 0 radical (unpaired) electrons. The molecule has 0 amide bonds. The number of nitrogens with one attached hydrogen (secondary N) is 1. The van der Waals surface area contributed by atoms with Crippen LogP contribution in [0.4, 0.5) is 22.9 Å². The lowest BCUT2D eigenvalue weighted by molar-refractivity contribution is -0.384. The summed E-state index contributed by atoms with van der Waals surface area (Å²) in [6, 6.07) is 9.38. The van der Waals surface area contributed by atoms with Gasteiger partial charge < -0.3 is 10.2 Å². The summed E-state index contributed by atoms with van der Waals surface area (Å²) in [5, 5.41) is 14.1. The smallest absolute Gasteiger partial charge is 0.312 e. The SMILES string of the molecule is O=[N+]([O-])c1cc(Br)cnc1Nc1ccc(N2CCCCC2)cc1. The lowest BCUT2D eigenvalue weighted by Gasteiger charge is -2.28. The summed E-state index contributed by atoms with van der Waals surface area (Å²) in [6.45, 7) is 2.18. The van der Waals surface area contributed by atoms with Crippen molar-refractivity contribution >= 4 is 38.8 Å². The molecule has 1 N–H and O–H groups in total. The van der Waals surface area contributed by atoms with Crippen molar-refractivity contribution < 1.29 is 4.92 Å². The maximum Gasteiger partial charge on any atom is 0.312 e. The van der Waals surface area contributed by atoms with Gasteiger partial charge in [0.15, 0.2) is 0 Å². The van der Waals surface area contributed by atoms with Crippen LogP contribution in [0.1, 0.15) is 19.3 Å². The van der Waals surface area contributed by atoms with Gasteiger partial charge in [-0.25, -0.2) is 4.98 Å². The van der Waals surface area contributed by atoms with Gasteiger partial charge in [-0.05, 0) is 59.5 Å². The number of nitro groups is 1. The predicted molar refractivity (Wildman–Crippen MR) is 94.4 cm³/mol. The molecule has 1 aromatic carbocycles. The van der Waals surface area contributed by atoms with E-state index in [9.17, 15) is 10.1 Å². The van der Waals surface area contributed by atoms with Gasteiger partial charge in [0.1, 0.15) is 0 Å². The first kappa shape index (κ1) is 15.7. The molecular weight excluding hydrogens is 360 g/mol. The highest BCUT2D eigenvalue weighted by atomic mass is 79.9. The van der Waals surface area contributed by atoms with Gasteiger partial charge in [0.25, 0.3) is 0 Å². The second-order valence-corrected chi connectivity index (χ2v) is 6.41. The summed E-state index contributed by atoms with van der Waals surface area (Å²) in [4.78, 5) is 17.1. The van der Waals surface area contributed by atoms with Gasteiger partial charge in [-0.1, -0.05) is 0 Å². The van der Waals surface area contributed by atoms with E-state index in [1.165, 1.54) is 37.2 Å². The Morgan fingerprint density at radius 3 is 2.52 bits per heavy atom. The van der Waals surface area contributed by atoms with Crippen molar-refractivity contribution in [2.75, 3.05) is 23.3 Å². The molecule has 0 saturated carbocycles. The van der Waals surface area contributed by atoms with Crippen LogP contribution in [0.25, 0.3) is 0 Å². The van der Waals surface area contributed by atoms with Crippen molar-refractivity contribution in [2.45, 2.75) is 19.3 Å². The summed E-state index contributed by atoms with van der Waals surface area (Å²) >= 11 is 3.20. The van der Waals surface area contributed by atoms with Crippen LogP contribution in [0.15, 0.2) is 41.0 Å². The number of halogens is 1. The predicted octanol–water partition coefficient (Wildman–Crippen LogP) is 4.49. The van der Waals surface area contributed by atoms with Gasteiger partial charge in [0.2, 0.25) is 5.82 Å². The Labute approximate surface area is 142 Å². The second-order valence-electron chi connectivity index (χ2n) is 5.50. The second kappa shape index (κ2) is 6.95. The third-order valence-corrected chi connectivity index (χ3v) is 4.32. The maximum absolute atomic E-state index is 11.1. The molecule has 1 aliphatic rings. The molecule has 0 aliphatic carbocycles. The van der Waals surface area contributed by atoms with Gasteiger partial charge in [0, 0.05) is 41.2 Å². The van der Waals surface area contributed by atoms with Crippen LogP contribution < -0.4 is 10.2 Å². The van der Waals surface area contributed by atoms with Crippen molar-refractivity contribution in [3.63, 3.8) is 0 Å². The first-order valence-electron chi connectivity index (χ1n) is 7.55. The minimum Gasteiger partial charge on any atom is -0.372 e. The monoisotopic (exact) mass is 376 g/mol. The molecule has 1 fully saturated rings. The van der Waals surface area contributed by atoms with Gasteiger partial charge >= 0.3 is 5.69 Å². The fourth-order valence-corrected chi connectivity index (χ4v) is 3.03. The first-order chi connectivity index (χ1) is 11.1. The van der Waals surface area contributed by atoms with Crippen LogP contribution in [0, 0.1) is 10.1 Å². The van der Waals surface area contributed by atoms with E-state index in [1.807, 2.05) is 24.3 Å². The number of benzene rings is 1.